The lowest BCUT2D eigenvalue weighted by molar-refractivity contribution is 0.0697. The van der Waals surface area contributed by atoms with Crippen molar-refractivity contribution in [2.24, 2.45) is 0 Å². The summed E-state index contributed by atoms with van der Waals surface area (Å²) in [5.41, 5.74) is 4.44. The highest BCUT2D eigenvalue weighted by Crippen LogP contribution is 2.27. The van der Waals surface area contributed by atoms with E-state index >= 15 is 4.39 Å². The van der Waals surface area contributed by atoms with Crippen LogP contribution in [0.3, 0.4) is 0 Å². The molecule has 44 heavy (non-hydrogen) atoms. The second kappa shape index (κ2) is 13.3. The number of likely N-dealkylation sites (N-methyl/N-ethyl adjacent to an activating group) is 1. The van der Waals surface area contributed by atoms with Gasteiger partial charge in [0.05, 0.1) is 22.3 Å². The third-order valence-electron chi connectivity index (χ3n) is 7.91. The average Bonchev–Trinajstić information content (AvgIpc) is 3.36. The average molecular weight is 599 g/mol. The maximum Gasteiger partial charge on any atom is 0.335 e. The second-order valence-electron chi connectivity index (χ2n) is 10.8. The maximum absolute atomic E-state index is 15.5. The minimum Gasteiger partial charge on any atom is -0.478 e. The first kappa shape index (κ1) is 30.8. The van der Waals surface area contributed by atoms with Crippen LogP contribution in [0.2, 0.25) is 0 Å². The number of hydrogen-bond donors (Lipinski definition) is 1. The lowest BCUT2D eigenvalue weighted by Crippen LogP contribution is -2.47. The van der Waals surface area contributed by atoms with E-state index in [1.54, 1.807) is 54.6 Å². The monoisotopic (exact) mass is 598 g/mol. The molecule has 0 aliphatic carbocycles. The van der Waals surface area contributed by atoms with Gasteiger partial charge in [0.25, 0.3) is 0 Å². The largest absolute Gasteiger partial charge is 0.478 e. The molecule has 0 saturated carbocycles. The van der Waals surface area contributed by atoms with Gasteiger partial charge in [-0.25, -0.2) is 23.5 Å². The molecule has 5 aromatic rings. The molecule has 3 aromatic carbocycles. The molecule has 1 atom stereocenters. The van der Waals surface area contributed by atoms with Crippen LogP contribution in [0.4, 0.5) is 8.78 Å². The number of fused-ring (bicyclic) bond motifs is 1. The number of likely N-dealkylation sites (tertiary alicyclic amines) is 1. The zero-order chi connectivity index (χ0) is 31.4. The van der Waals surface area contributed by atoms with Crippen LogP contribution < -0.4 is 4.74 Å². The third-order valence-corrected chi connectivity index (χ3v) is 7.91. The zero-order valence-corrected chi connectivity index (χ0v) is 25.3. The van der Waals surface area contributed by atoms with E-state index in [0.29, 0.717) is 52.2 Å². The Balaban J connectivity index is 0.00000188. The number of carboxylic acids is 1. The molecule has 6 rings (SSSR count). The van der Waals surface area contributed by atoms with Gasteiger partial charge in [-0.2, -0.15) is 0 Å². The Morgan fingerprint density at radius 1 is 0.977 bits per heavy atom. The Hall–Kier alpha value is -4.63. The summed E-state index contributed by atoms with van der Waals surface area (Å²) in [4.78, 5) is 23.1. The van der Waals surface area contributed by atoms with Crippen molar-refractivity contribution >= 4 is 17.0 Å². The van der Waals surface area contributed by atoms with E-state index in [2.05, 4.69) is 16.9 Å². The first-order valence-corrected chi connectivity index (χ1v) is 14.8. The van der Waals surface area contributed by atoms with E-state index in [1.807, 2.05) is 31.4 Å². The van der Waals surface area contributed by atoms with Gasteiger partial charge in [0.15, 0.2) is 0 Å². The third kappa shape index (κ3) is 6.63. The minimum absolute atomic E-state index is 0.0292. The predicted octanol–water partition coefficient (Wildman–Crippen LogP) is 7.28. The van der Waals surface area contributed by atoms with Crippen LogP contribution in [-0.4, -0.2) is 50.1 Å². The molecule has 0 radical (unpaired) electrons. The Kier molecular flexibility index (Phi) is 9.35. The van der Waals surface area contributed by atoms with Crippen LogP contribution in [-0.2, 0) is 19.6 Å². The number of aromatic carboxylic acids is 1. The number of imidazole rings is 1. The number of hydrogen-bond acceptors (Lipinski definition) is 5. The molecule has 1 fully saturated rings. The molecule has 7 nitrogen and oxygen atoms in total. The van der Waals surface area contributed by atoms with Crippen LogP contribution in [0, 0.1) is 18.6 Å². The van der Waals surface area contributed by atoms with E-state index in [1.165, 1.54) is 12.1 Å². The quantitative estimate of drug-likeness (QED) is 0.192. The number of benzene rings is 3. The van der Waals surface area contributed by atoms with Crippen LogP contribution in [0.5, 0.6) is 5.88 Å². The number of aromatic nitrogens is 3. The van der Waals surface area contributed by atoms with Gasteiger partial charge < -0.3 is 19.3 Å². The Morgan fingerprint density at radius 3 is 2.43 bits per heavy atom. The van der Waals surface area contributed by atoms with Gasteiger partial charge in [0, 0.05) is 36.2 Å². The van der Waals surface area contributed by atoms with Crippen LogP contribution in [0.15, 0.2) is 72.8 Å². The molecule has 1 N–H and O–H groups in total. The van der Waals surface area contributed by atoms with Crippen molar-refractivity contribution < 1.29 is 23.4 Å². The number of ether oxygens (including phenoxy) is 1. The fourth-order valence-corrected chi connectivity index (χ4v) is 5.25. The normalized spacial score (nSPS) is 14.5. The van der Waals surface area contributed by atoms with E-state index in [-0.39, 0.29) is 24.4 Å². The SMILES string of the molecule is CC.Cc1ccc(COc2cccc(-c3ccc(Cc4nc5ccc(C(=O)O)cc5n4C[C@@H]4CCN4C)c(F)c3)n2)c(F)c1. The summed E-state index contributed by atoms with van der Waals surface area (Å²) in [6.45, 7) is 7.51. The van der Waals surface area contributed by atoms with Crippen molar-refractivity contribution in [3.8, 4) is 17.1 Å². The summed E-state index contributed by atoms with van der Waals surface area (Å²) in [7, 11) is 2.06. The van der Waals surface area contributed by atoms with E-state index in [4.69, 9.17) is 9.72 Å². The molecule has 2 aromatic heterocycles. The van der Waals surface area contributed by atoms with E-state index in [0.717, 1.165) is 24.0 Å². The Morgan fingerprint density at radius 2 is 1.75 bits per heavy atom. The molecular formula is C35H36F2N4O3. The molecular weight excluding hydrogens is 562 g/mol. The van der Waals surface area contributed by atoms with Crippen molar-refractivity contribution in [2.45, 2.75) is 52.8 Å². The summed E-state index contributed by atoms with van der Waals surface area (Å²) in [5.74, 6) is -0.741. The van der Waals surface area contributed by atoms with Gasteiger partial charge in [0.2, 0.25) is 5.88 Å². The standard InChI is InChI=1S/C33H30F2N4O3.C2H6/c1-20-6-7-24(26(34)14-20)19-42-32-5-3-4-28(37-32)22-9-8-21(27(35)15-22)17-31-36-29-11-10-23(33(40)41)16-30(29)39(31)18-25-12-13-38(25)2;1-2/h3-11,14-16,25H,12-13,17-19H2,1-2H3,(H,40,41);1-2H3/t25-;/m0./s1. The highest BCUT2D eigenvalue weighted by atomic mass is 19.1. The summed E-state index contributed by atoms with van der Waals surface area (Å²) >= 11 is 0. The molecule has 0 spiro atoms. The van der Waals surface area contributed by atoms with Crippen molar-refractivity contribution in [1.82, 2.24) is 19.4 Å². The van der Waals surface area contributed by atoms with E-state index in [9.17, 15) is 14.3 Å². The van der Waals surface area contributed by atoms with Crippen molar-refractivity contribution in [3.63, 3.8) is 0 Å². The van der Waals surface area contributed by atoms with Crippen LogP contribution >= 0.6 is 0 Å². The zero-order valence-electron chi connectivity index (χ0n) is 25.3. The molecule has 0 unspecified atom stereocenters. The lowest BCUT2D eigenvalue weighted by Gasteiger charge is -2.38. The van der Waals surface area contributed by atoms with Gasteiger partial charge >= 0.3 is 5.97 Å². The Labute approximate surface area is 255 Å². The first-order chi connectivity index (χ1) is 21.2. The number of halogens is 2. The number of nitrogens with zero attached hydrogens (tertiary/aromatic N) is 4. The summed E-state index contributed by atoms with van der Waals surface area (Å²) in [6, 6.07) is 20.3. The number of carbonyl (C=O) groups is 1. The summed E-state index contributed by atoms with van der Waals surface area (Å²) < 4.78 is 37.5. The van der Waals surface area contributed by atoms with Crippen molar-refractivity contribution in [2.75, 3.05) is 13.6 Å². The maximum atomic E-state index is 15.5. The number of pyridine rings is 1. The molecule has 9 heteroatoms. The van der Waals surface area contributed by atoms with Gasteiger partial charge in [-0.05, 0) is 74.5 Å². The lowest BCUT2D eigenvalue weighted by atomic mass is 10.0. The number of rotatable bonds is 9. The van der Waals surface area contributed by atoms with Gasteiger partial charge in [-0.15, -0.1) is 0 Å². The predicted molar refractivity (Wildman–Crippen MR) is 167 cm³/mol. The molecule has 3 heterocycles. The fourth-order valence-electron chi connectivity index (χ4n) is 5.25. The van der Waals surface area contributed by atoms with Gasteiger partial charge in [0.1, 0.15) is 24.1 Å². The number of aryl methyl sites for hydroxylation is 1. The smallest absolute Gasteiger partial charge is 0.335 e. The molecule has 0 bridgehead atoms. The fraction of sp³-hybridized carbons (Fsp3) is 0.286. The summed E-state index contributed by atoms with van der Waals surface area (Å²) in [6.07, 6.45) is 1.28. The first-order valence-electron chi connectivity index (χ1n) is 14.8. The van der Waals surface area contributed by atoms with Crippen molar-refractivity contribution in [1.29, 1.82) is 0 Å². The van der Waals surface area contributed by atoms with Crippen LogP contribution in [0.25, 0.3) is 22.3 Å². The van der Waals surface area contributed by atoms with E-state index < -0.39 is 11.8 Å². The molecule has 228 valence electrons. The minimum atomic E-state index is -1.00. The molecule has 1 aliphatic heterocycles. The summed E-state index contributed by atoms with van der Waals surface area (Å²) in [5, 5.41) is 9.52. The van der Waals surface area contributed by atoms with Crippen LogP contribution in [0.1, 0.15) is 53.1 Å². The van der Waals surface area contributed by atoms with Gasteiger partial charge in [-0.3, -0.25) is 0 Å². The Bertz CT molecular complexity index is 1800. The van der Waals surface area contributed by atoms with Crippen molar-refractivity contribution in [3.05, 3.63) is 113 Å². The molecule has 1 saturated heterocycles. The topological polar surface area (TPSA) is 80.5 Å². The highest BCUT2D eigenvalue weighted by Gasteiger charge is 2.26. The molecule has 0 amide bonds. The van der Waals surface area contributed by atoms with Gasteiger partial charge in [-0.1, -0.05) is 44.2 Å². The highest BCUT2D eigenvalue weighted by molar-refractivity contribution is 5.92. The molecule has 1 aliphatic rings. The second-order valence-corrected chi connectivity index (χ2v) is 10.8. The number of carboxylic acid groups (broad SMARTS) is 1.